The van der Waals surface area contributed by atoms with Crippen LogP contribution in [-0.4, -0.2) is 76.4 Å². The van der Waals surface area contributed by atoms with E-state index < -0.39 is 0 Å². The first-order valence-electron chi connectivity index (χ1n) is 12.3. The van der Waals surface area contributed by atoms with Gasteiger partial charge in [-0.3, -0.25) is 4.90 Å². The standard InChI is InChI=1S/C28H38N4O3/c1-19-15-21-16-26(34-5)27(35-6)17-24(21)25(18-32(19)28(33)29-2)20-7-9-22(10-8-20)31(4)23-11-13-30(3)14-12-23/h7-10,16-19,23H,11-15H2,1-6H3,(H,29,33). The number of ether oxygens (including phenoxy) is 2. The van der Waals surface area contributed by atoms with Gasteiger partial charge < -0.3 is 24.6 Å². The predicted octanol–water partition coefficient (Wildman–Crippen LogP) is 4.21. The van der Waals surface area contributed by atoms with E-state index in [1.54, 1.807) is 26.2 Å². The minimum atomic E-state index is -0.125. The molecule has 0 saturated carbocycles. The number of fused-ring (bicyclic) bond motifs is 1. The normalized spacial score (nSPS) is 18.9. The van der Waals surface area contributed by atoms with Crippen molar-refractivity contribution in [2.45, 2.75) is 38.3 Å². The zero-order valence-electron chi connectivity index (χ0n) is 21.8. The summed E-state index contributed by atoms with van der Waals surface area (Å²) in [5.74, 6) is 1.37. The Balaban J connectivity index is 1.73. The van der Waals surface area contributed by atoms with Crippen LogP contribution in [0.25, 0.3) is 5.57 Å². The fourth-order valence-corrected chi connectivity index (χ4v) is 5.18. The molecule has 1 N–H and O–H groups in total. The number of likely N-dealkylation sites (tertiary alicyclic amines) is 1. The number of carbonyl (C=O) groups excluding carboxylic acids is 1. The smallest absolute Gasteiger partial charge is 0.321 e. The number of rotatable bonds is 5. The highest BCUT2D eigenvalue weighted by atomic mass is 16.5. The van der Waals surface area contributed by atoms with E-state index in [1.807, 2.05) is 18.3 Å². The second kappa shape index (κ2) is 10.6. The number of nitrogens with zero attached hydrogens (tertiary/aromatic N) is 3. The van der Waals surface area contributed by atoms with E-state index in [9.17, 15) is 4.79 Å². The van der Waals surface area contributed by atoms with Crippen LogP contribution in [0.15, 0.2) is 42.6 Å². The zero-order chi connectivity index (χ0) is 25.1. The van der Waals surface area contributed by atoms with E-state index in [0.29, 0.717) is 24.0 Å². The molecule has 4 rings (SSSR count). The van der Waals surface area contributed by atoms with Crippen LogP contribution in [0.1, 0.15) is 36.5 Å². The van der Waals surface area contributed by atoms with E-state index in [-0.39, 0.29) is 12.1 Å². The van der Waals surface area contributed by atoms with Gasteiger partial charge in [-0.25, -0.2) is 4.79 Å². The maximum atomic E-state index is 12.8. The Kier molecular flexibility index (Phi) is 7.55. The number of methoxy groups -OCH3 is 2. The third kappa shape index (κ3) is 5.10. The maximum absolute atomic E-state index is 12.8. The molecular weight excluding hydrogens is 440 g/mol. The number of amides is 2. The molecule has 2 aliphatic rings. The van der Waals surface area contributed by atoms with Gasteiger partial charge in [0.25, 0.3) is 0 Å². The van der Waals surface area contributed by atoms with Crippen molar-refractivity contribution in [3.8, 4) is 11.5 Å². The first-order chi connectivity index (χ1) is 16.9. The lowest BCUT2D eigenvalue weighted by Crippen LogP contribution is -2.41. The summed E-state index contributed by atoms with van der Waals surface area (Å²) < 4.78 is 11.2. The van der Waals surface area contributed by atoms with Gasteiger partial charge >= 0.3 is 6.03 Å². The summed E-state index contributed by atoms with van der Waals surface area (Å²) in [6.45, 7) is 4.33. The predicted molar refractivity (Wildman–Crippen MR) is 141 cm³/mol. The van der Waals surface area contributed by atoms with E-state index >= 15 is 0 Å². The van der Waals surface area contributed by atoms with Gasteiger partial charge in [0.2, 0.25) is 0 Å². The van der Waals surface area contributed by atoms with Crippen molar-refractivity contribution < 1.29 is 14.3 Å². The van der Waals surface area contributed by atoms with Crippen molar-refractivity contribution in [3.05, 3.63) is 59.3 Å². The van der Waals surface area contributed by atoms with Crippen molar-refractivity contribution in [1.82, 2.24) is 15.1 Å². The number of carbonyl (C=O) groups is 1. The van der Waals surface area contributed by atoms with Crippen LogP contribution in [0, 0.1) is 0 Å². The molecule has 35 heavy (non-hydrogen) atoms. The first kappa shape index (κ1) is 24.9. The molecule has 2 aliphatic heterocycles. The Morgan fingerprint density at radius 1 is 1.06 bits per heavy atom. The molecule has 2 aromatic carbocycles. The Labute approximate surface area is 209 Å². The minimum Gasteiger partial charge on any atom is -0.493 e. The molecule has 0 bridgehead atoms. The SMILES string of the molecule is CNC(=O)N1C=C(c2ccc(N(C)C3CCN(C)CC3)cc2)c2cc(OC)c(OC)cc2CC1C. The lowest BCUT2D eigenvalue weighted by molar-refractivity contribution is 0.205. The molecule has 2 amide bonds. The van der Waals surface area contributed by atoms with E-state index in [2.05, 4.69) is 60.4 Å². The van der Waals surface area contributed by atoms with Gasteiger partial charge in [0.15, 0.2) is 11.5 Å². The van der Waals surface area contributed by atoms with Crippen LogP contribution in [0.4, 0.5) is 10.5 Å². The van der Waals surface area contributed by atoms with Gasteiger partial charge in [0.05, 0.1) is 14.2 Å². The second-order valence-corrected chi connectivity index (χ2v) is 9.61. The minimum absolute atomic E-state index is 0.0147. The molecule has 1 unspecified atom stereocenters. The van der Waals surface area contributed by atoms with Crippen molar-refractivity contribution in [2.75, 3.05) is 53.4 Å². The summed E-state index contributed by atoms with van der Waals surface area (Å²) in [6, 6.07) is 13.2. The summed E-state index contributed by atoms with van der Waals surface area (Å²) in [7, 11) is 9.35. The number of hydrogen-bond acceptors (Lipinski definition) is 5. The quantitative estimate of drug-likeness (QED) is 0.698. The lowest BCUT2D eigenvalue weighted by atomic mass is 9.92. The summed E-state index contributed by atoms with van der Waals surface area (Å²) in [6.07, 6.45) is 5.03. The number of piperidine rings is 1. The molecule has 0 aliphatic carbocycles. The molecule has 7 nitrogen and oxygen atoms in total. The Hall–Kier alpha value is -3.19. The zero-order valence-corrected chi connectivity index (χ0v) is 21.8. The highest BCUT2D eigenvalue weighted by Gasteiger charge is 2.27. The van der Waals surface area contributed by atoms with E-state index in [4.69, 9.17) is 9.47 Å². The average molecular weight is 479 g/mol. The Bertz CT molecular complexity index is 1070. The molecule has 188 valence electrons. The third-order valence-electron chi connectivity index (χ3n) is 7.43. The van der Waals surface area contributed by atoms with Gasteiger partial charge in [0, 0.05) is 43.6 Å². The molecule has 0 aromatic heterocycles. The van der Waals surface area contributed by atoms with Crippen molar-refractivity contribution in [1.29, 1.82) is 0 Å². The van der Waals surface area contributed by atoms with Crippen LogP contribution in [0.5, 0.6) is 11.5 Å². The number of anilines is 1. The topological polar surface area (TPSA) is 57.3 Å². The van der Waals surface area contributed by atoms with Crippen LogP contribution in [-0.2, 0) is 6.42 Å². The largest absolute Gasteiger partial charge is 0.493 e. The highest BCUT2D eigenvalue weighted by Crippen LogP contribution is 2.39. The second-order valence-electron chi connectivity index (χ2n) is 9.61. The first-order valence-corrected chi connectivity index (χ1v) is 12.3. The van der Waals surface area contributed by atoms with Crippen LogP contribution in [0.3, 0.4) is 0 Å². The van der Waals surface area contributed by atoms with Gasteiger partial charge in [-0.15, -0.1) is 0 Å². The van der Waals surface area contributed by atoms with Crippen LogP contribution >= 0.6 is 0 Å². The molecule has 2 aromatic rings. The molecule has 7 heteroatoms. The van der Waals surface area contributed by atoms with Crippen molar-refractivity contribution >= 4 is 17.3 Å². The maximum Gasteiger partial charge on any atom is 0.321 e. The van der Waals surface area contributed by atoms with E-state index in [1.165, 1.54) is 18.5 Å². The molecular formula is C28H38N4O3. The molecule has 0 radical (unpaired) electrons. The Morgan fingerprint density at radius 2 is 1.69 bits per heavy atom. The van der Waals surface area contributed by atoms with Gasteiger partial charge in [0.1, 0.15) is 0 Å². The fourth-order valence-electron chi connectivity index (χ4n) is 5.18. The third-order valence-corrected chi connectivity index (χ3v) is 7.43. The molecule has 2 heterocycles. The Morgan fingerprint density at radius 3 is 2.29 bits per heavy atom. The summed E-state index contributed by atoms with van der Waals surface area (Å²) >= 11 is 0. The average Bonchev–Trinajstić information content (AvgIpc) is 3.03. The molecule has 1 saturated heterocycles. The van der Waals surface area contributed by atoms with Gasteiger partial charge in [-0.1, -0.05) is 12.1 Å². The molecule has 0 spiro atoms. The van der Waals surface area contributed by atoms with E-state index in [0.717, 1.165) is 35.4 Å². The fraction of sp³-hybridized carbons (Fsp3) is 0.464. The number of hydrogen-bond donors (Lipinski definition) is 1. The van der Waals surface area contributed by atoms with Gasteiger partial charge in [-0.05, 0) is 87.3 Å². The lowest BCUT2D eigenvalue weighted by Gasteiger charge is -2.36. The number of nitrogens with one attached hydrogen (secondary N) is 1. The molecule has 1 fully saturated rings. The van der Waals surface area contributed by atoms with Crippen molar-refractivity contribution in [3.63, 3.8) is 0 Å². The summed E-state index contributed by atoms with van der Waals surface area (Å²) in [5.41, 5.74) is 5.43. The number of benzene rings is 2. The summed E-state index contributed by atoms with van der Waals surface area (Å²) in [5, 5.41) is 2.78. The van der Waals surface area contributed by atoms with Crippen molar-refractivity contribution in [2.24, 2.45) is 0 Å². The van der Waals surface area contributed by atoms with Gasteiger partial charge in [-0.2, -0.15) is 0 Å². The van der Waals surface area contributed by atoms with Crippen LogP contribution < -0.4 is 19.7 Å². The molecule has 1 atom stereocenters. The monoisotopic (exact) mass is 478 g/mol. The summed E-state index contributed by atoms with van der Waals surface area (Å²) in [4.78, 5) is 19.3. The van der Waals surface area contributed by atoms with Crippen LogP contribution in [0.2, 0.25) is 0 Å². The highest BCUT2D eigenvalue weighted by molar-refractivity contribution is 5.87. The number of urea groups is 1.